The number of carbonyl (C=O) groups is 1. The van der Waals surface area contributed by atoms with E-state index in [2.05, 4.69) is 0 Å². The molecule has 64 valence electrons. The van der Waals surface area contributed by atoms with Gasteiger partial charge in [0.2, 0.25) is 0 Å². The van der Waals surface area contributed by atoms with Crippen LogP contribution in [0.15, 0.2) is 0 Å². The summed E-state index contributed by atoms with van der Waals surface area (Å²) in [6.07, 6.45) is 2.35. The van der Waals surface area contributed by atoms with E-state index in [0.29, 0.717) is 13.0 Å². The van der Waals surface area contributed by atoms with Gasteiger partial charge in [-0.05, 0) is 19.4 Å². The normalized spacial score (nSPS) is 12.6. The van der Waals surface area contributed by atoms with Gasteiger partial charge in [0.05, 0.1) is 6.04 Å². The van der Waals surface area contributed by atoms with Crippen LogP contribution in [-0.2, 0) is 4.79 Å². The molecule has 0 bridgehead atoms. The SMILES string of the molecule is NCCCC[C@H](N)C(=O)BO. The molecule has 1 atom stereocenters. The van der Waals surface area contributed by atoms with E-state index in [1.54, 1.807) is 0 Å². The molecule has 0 aromatic rings. The lowest BCUT2D eigenvalue weighted by Gasteiger charge is -2.06. The van der Waals surface area contributed by atoms with E-state index in [1.165, 1.54) is 0 Å². The summed E-state index contributed by atoms with van der Waals surface area (Å²) in [7, 11) is -0.455. The molecule has 0 saturated carbocycles. The Morgan fingerprint density at radius 1 is 1.55 bits per heavy atom. The first-order valence-corrected chi connectivity index (χ1v) is 3.81. The summed E-state index contributed by atoms with van der Waals surface area (Å²) in [5.74, 6) is 0. The highest BCUT2D eigenvalue weighted by atomic mass is 16.2. The average molecular weight is 158 g/mol. The monoisotopic (exact) mass is 158 g/mol. The van der Waals surface area contributed by atoms with Crippen molar-refractivity contribution in [3.8, 4) is 0 Å². The van der Waals surface area contributed by atoms with Crippen molar-refractivity contribution < 1.29 is 9.82 Å². The smallest absolute Gasteiger partial charge is 0.350 e. The van der Waals surface area contributed by atoms with E-state index in [-0.39, 0.29) is 5.68 Å². The molecule has 0 aliphatic rings. The zero-order valence-corrected chi connectivity index (χ0v) is 6.62. The highest BCUT2D eigenvalue weighted by molar-refractivity contribution is 6.69. The second-order valence-corrected chi connectivity index (χ2v) is 2.52. The van der Waals surface area contributed by atoms with Gasteiger partial charge in [0.25, 0.3) is 0 Å². The Morgan fingerprint density at radius 3 is 2.64 bits per heavy atom. The number of nitrogens with two attached hydrogens (primary N) is 2. The lowest BCUT2D eigenvalue weighted by atomic mass is 9.86. The molecule has 0 spiro atoms. The molecule has 0 radical (unpaired) electrons. The number of unbranched alkanes of at least 4 members (excludes halogenated alkanes) is 1. The van der Waals surface area contributed by atoms with Crippen LogP contribution >= 0.6 is 0 Å². The summed E-state index contributed by atoms with van der Waals surface area (Å²) in [5, 5.41) is 8.41. The third kappa shape index (κ3) is 4.95. The quantitative estimate of drug-likeness (QED) is 0.318. The van der Waals surface area contributed by atoms with Gasteiger partial charge in [-0.3, -0.25) is 0 Å². The van der Waals surface area contributed by atoms with E-state index in [1.807, 2.05) is 0 Å². The highest BCUT2D eigenvalue weighted by Gasteiger charge is 2.11. The van der Waals surface area contributed by atoms with Gasteiger partial charge in [-0.1, -0.05) is 6.42 Å². The van der Waals surface area contributed by atoms with Gasteiger partial charge in [-0.15, -0.1) is 0 Å². The van der Waals surface area contributed by atoms with Crippen LogP contribution in [0.2, 0.25) is 0 Å². The molecule has 0 fully saturated rings. The van der Waals surface area contributed by atoms with Crippen LogP contribution in [0.25, 0.3) is 0 Å². The minimum absolute atomic E-state index is 0.290. The van der Waals surface area contributed by atoms with Crippen molar-refractivity contribution in [2.24, 2.45) is 11.5 Å². The van der Waals surface area contributed by atoms with Gasteiger partial charge >= 0.3 is 7.48 Å². The highest BCUT2D eigenvalue weighted by Crippen LogP contribution is 1.97. The molecule has 0 heterocycles. The predicted molar refractivity (Wildman–Crippen MR) is 45.3 cm³/mol. The third-order valence-electron chi connectivity index (χ3n) is 1.54. The molecule has 0 aliphatic carbocycles. The molecule has 5 heteroatoms. The van der Waals surface area contributed by atoms with Gasteiger partial charge in [-0.25, -0.2) is 0 Å². The Balaban J connectivity index is 3.36. The van der Waals surface area contributed by atoms with Gasteiger partial charge in [0.1, 0.15) is 5.68 Å². The lowest BCUT2D eigenvalue weighted by molar-refractivity contribution is -0.114. The Kier molecular flexibility index (Phi) is 6.11. The first kappa shape index (κ1) is 10.6. The van der Waals surface area contributed by atoms with Crippen molar-refractivity contribution in [2.75, 3.05) is 6.54 Å². The van der Waals surface area contributed by atoms with Crippen LogP contribution in [-0.4, -0.2) is 30.8 Å². The fourth-order valence-electron chi connectivity index (χ4n) is 0.787. The van der Waals surface area contributed by atoms with E-state index in [0.717, 1.165) is 12.8 Å². The lowest BCUT2D eigenvalue weighted by Crippen LogP contribution is -2.34. The zero-order valence-electron chi connectivity index (χ0n) is 6.62. The molecule has 0 aromatic heterocycles. The Bertz CT molecular complexity index is 121. The summed E-state index contributed by atoms with van der Waals surface area (Å²) >= 11 is 0. The maximum absolute atomic E-state index is 10.7. The summed E-state index contributed by atoms with van der Waals surface area (Å²) in [6.45, 7) is 0.625. The fourth-order valence-corrected chi connectivity index (χ4v) is 0.787. The standard InChI is InChI=1S/C6H15BN2O2/c8-4-2-1-3-5(9)6(10)7-11/h5,7,11H,1-4,8-9H2/t5-/m0/s1. The summed E-state index contributed by atoms with van der Waals surface area (Å²) < 4.78 is 0. The fraction of sp³-hybridized carbons (Fsp3) is 0.833. The second-order valence-electron chi connectivity index (χ2n) is 2.52. The van der Waals surface area contributed by atoms with Crippen molar-refractivity contribution in [3.63, 3.8) is 0 Å². The molecule has 11 heavy (non-hydrogen) atoms. The van der Waals surface area contributed by atoms with Gasteiger partial charge in [0.15, 0.2) is 0 Å². The molecule has 0 unspecified atom stereocenters. The van der Waals surface area contributed by atoms with Crippen LogP contribution in [0.5, 0.6) is 0 Å². The summed E-state index contributed by atoms with van der Waals surface area (Å²) in [6, 6.07) is -0.508. The molecular weight excluding hydrogens is 143 g/mol. The predicted octanol–water partition coefficient (Wildman–Crippen LogP) is -1.69. The topological polar surface area (TPSA) is 89.3 Å². The largest absolute Gasteiger partial charge is 0.447 e. The van der Waals surface area contributed by atoms with Gasteiger partial charge in [-0.2, -0.15) is 0 Å². The number of rotatable bonds is 6. The molecular formula is C6H15BN2O2. The molecule has 0 rings (SSSR count). The number of hydrogen-bond acceptors (Lipinski definition) is 4. The minimum atomic E-state index is -0.508. The molecule has 4 nitrogen and oxygen atoms in total. The van der Waals surface area contributed by atoms with Crippen LogP contribution in [0, 0.1) is 0 Å². The molecule has 0 amide bonds. The second kappa shape index (κ2) is 6.33. The van der Waals surface area contributed by atoms with Crippen molar-refractivity contribution in [2.45, 2.75) is 25.3 Å². The van der Waals surface area contributed by atoms with E-state index in [4.69, 9.17) is 16.5 Å². The van der Waals surface area contributed by atoms with Crippen LogP contribution in [0.1, 0.15) is 19.3 Å². The molecule has 0 aromatic carbocycles. The average Bonchev–Trinajstić information content (AvgIpc) is 2.03. The van der Waals surface area contributed by atoms with E-state index in [9.17, 15) is 4.79 Å². The van der Waals surface area contributed by atoms with E-state index < -0.39 is 13.5 Å². The maximum atomic E-state index is 10.7. The minimum Gasteiger partial charge on any atom is -0.447 e. The number of hydrogen-bond donors (Lipinski definition) is 3. The molecule has 0 saturated heterocycles. The molecule has 0 aliphatic heterocycles. The van der Waals surface area contributed by atoms with Crippen LogP contribution < -0.4 is 11.5 Å². The Hall–Kier alpha value is -0.385. The summed E-state index contributed by atoms with van der Waals surface area (Å²) in [5.41, 5.74) is 10.4. The van der Waals surface area contributed by atoms with Crippen molar-refractivity contribution in [1.82, 2.24) is 0 Å². The molecule has 5 N–H and O–H groups in total. The van der Waals surface area contributed by atoms with Gasteiger partial charge in [0, 0.05) is 0 Å². The Morgan fingerprint density at radius 2 is 2.18 bits per heavy atom. The first-order chi connectivity index (χ1) is 5.22. The number of carbonyl (C=O) groups excluding carboxylic acids is 1. The summed E-state index contributed by atoms with van der Waals surface area (Å²) in [4.78, 5) is 10.7. The van der Waals surface area contributed by atoms with Crippen LogP contribution in [0.4, 0.5) is 0 Å². The van der Waals surface area contributed by atoms with Gasteiger partial charge < -0.3 is 21.3 Å². The van der Waals surface area contributed by atoms with Crippen molar-refractivity contribution >= 4 is 13.2 Å². The third-order valence-corrected chi connectivity index (χ3v) is 1.54. The van der Waals surface area contributed by atoms with E-state index >= 15 is 0 Å². The zero-order chi connectivity index (χ0) is 8.69. The van der Waals surface area contributed by atoms with Crippen LogP contribution in [0.3, 0.4) is 0 Å². The van der Waals surface area contributed by atoms with Crippen molar-refractivity contribution in [1.29, 1.82) is 0 Å². The maximum Gasteiger partial charge on any atom is 0.350 e. The Labute approximate surface area is 67.2 Å². The van der Waals surface area contributed by atoms with Crippen molar-refractivity contribution in [3.05, 3.63) is 0 Å². The first-order valence-electron chi connectivity index (χ1n) is 3.81.